The second kappa shape index (κ2) is 6.09. The molecule has 2 aromatic rings. The van der Waals surface area contributed by atoms with Gasteiger partial charge in [-0.25, -0.2) is 0 Å². The first-order valence-electron chi connectivity index (χ1n) is 7.42. The predicted octanol–water partition coefficient (Wildman–Crippen LogP) is 2.62. The van der Waals surface area contributed by atoms with Crippen molar-refractivity contribution in [3.8, 4) is 11.1 Å². The molecule has 106 valence electrons. The molecule has 2 heterocycles. The monoisotopic (exact) mass is 270 g/mol. The number of anilines is 1. The van der Waals surface area contributed by atoms with E-state index in [1.54, 1.807) is 0 Å². The average molecular weight is 270 g/mol. The number of aromatic nitrogens is 2. The van der Waals surface area contributed by atoms with E-state index in [0.717, 1.165) is 29.8 Å². The third-order valence-corrected chi connectivity index (χ3v) is 3.97. The van der Waals surface area contributed by atoms with Gasteiger partial charge < -0.3 is 10.6 Å². The maximum Gasteiger partial charge on any atom is 0.0569 e. The number of para-hydroxylation sites is 1. The molecular formula is C16H22N4. The molecule has 3 rings (SSSR count). The highest BCUT2D eigenvalue weighted by molar-refractivity contribution is 5.75. The van der Waals surface area contributed by atoms with E-state index in [1.807, 2.05) is 35.1 Å². The van der Waals surface area contributed by atoms with Crippen molar-refractivity contribution in [1.82, 2.24) is 14.7 Å². The molecule has 1 saturated heterocycles. The standard InChI is InChI=1S/C16H22N4/c17-16-7-2-1-6-15(16)14-12-18-20(13-14)11-5-10-19-8-3-4-9-19/h1-2,6-7,12-13H,3-5,8-11,17H2. The van der Waals surface area contributed by atoms with E-state index < -0.39 is 0 Å². The predicted molar refractivity (Wildman–Crippen MR) is 82.4 cm³/mol. The van der Waals surface area contributed by atoms with Gasteiger partial charge in [0, 0.05) is 29.6 Å². The van der Waals surface area contributed by atoms with Gasteiger partial charge in [0.15, 0.2) is 0 Å². The number of hydrogen-bond donors (Lipinski definition) is 1. The molecule has 4 heteroatoms. The molecular weight excluding hydrogens is 248 g/mol. The van der Waals surface area contributed by atoms with Gasteiger partial charge >= 0.3 is 0 Å². The second-order valence-electron chi connectivity index (χ2n) is 5.48. The smallest absolute Gasteiger partial charge is 0.0569 e. The van der Waals surface area contributed by atoms with Gasteiger partial charge in [-0.2, -0.15) is 5.10 Å². The number of nitrogens with zero attached hydrogens (tertiary/aromatic N) is 3. The fourth-order valence-electron chi connectivity index (χ4n) is 2.85. The quantitative estimate of drug-likeness (QED) is 0.850. The number of hydrogen-bond acceptors (Lipinski definition) is 3. The first-order chi connectivity index (χ1) is 9.83. The van der Waals surface area contributed by atoms with Crippen LogP contribution in [0.25, 0.3) is 11.1 Å². The van der Waals surface area contributed by atoms with E-state index in [1.165, 1.54) is 32.5 Å². The highest BCUT2D eigenvalue weighted by atomic mass is 15.3. The van der Waals surface area contributed by atoms with Crippen LogP contribution in [0.2, 0.25) is 0 Å². The molecule has 20 heavy (non-hydrogen) atoms. The molecule has 1 aliphatic heterocycles. The van der Waals surface area contributed by atoms with Gasteiger partial charge in [-0.05, 0) is 45.0 Å². The molecule has 0 radical (unpaired) electrons. The van der Waals surface area contributed by atoms with Gasteiger partial charge in [-0.1, -0.05) is 18.2 Å². The Morgan fingerprint density at radius 2 is 1.90 bits per heavy atom. The Morgan fingerprint density at radius 3 is 2.70 bits per heavy atom. The fraction of sp³-hybridized carbons (Fsp3) is 0.438. The van der Waals surface area contributed by atoms with Crippen LogP contribution in [0.15, 0.2) is 36.7 Å². The Labute approximate surface area is 120 Å². The highest BCUT2D eigenvalue weighted by Crippen LogP contribution is 2.24. The zero-order chi connectivity index (χ0) is 13.8. The summed E-state index contributed by atoms with van der Waals surface area (Å²) in [6.45, 7) is 4.70. The van der Waals surface area contributed by atoms with E-state index in [0.29, 0.717) is 0 Å². The summed E-state index contributed by atoms with van der Waals surface area (Å²) in [5.74, 6) is 0. The molecule has 2 N–H and O–H groups in total. The molecule has 0 saturated carbocycles. The molecule has 1 aromatic carbocycles. The van der Waals surface area contributed by atoms with Crippen molar-refractivity contribution in [1.29, 1.82) is 0 Å². The van der Waals surface area contributed by atoms with Gasteiger partial charge in [0.1, 0.15) is 0 Å². The molecule has 0 atom stereocenters. The number of aryl methyl sites for hydroxylation is 1. The lowest BCUT2D eigenvalue weighted by molar-refractivity contribution is 0.322. The molecule has 1 fully saturated rings. The van der Waals surface area contributed by atoms with Gasteiger partial charge in [0.05, 0.1) is 6.20 Å². The van der Waals surface area contributed by atoms with Crippen molar-refractivity contribution in [2.45, 2.75) is 25.8 Å². The van der Waals surface area contributed by atoms with Crippen LogP contribution in [0.5, 0.6) is 0 Å². The van der Waals surface area contributed by atoms with Crippen molar-refractivity contribution in [2.75, 3.05) is 25.4 Å². The van der Waals surface area contributed by atoms with E-state index in [4.69, 9.17) is 5.73 Å². The van der Waals surface area contributed by atoms with Crippen molar-refractivity contribution < 1.29 is 0 Å². The van der Waals surface area contributed by atoms with Crippen molar-refractivity contribution in [3.63, 3.8) is 0 Å². The van der Waals surface area contributed by atoms with E-state index in [-0.39, 0.29) is 0 Å². The molecule has 0 aliphatic carbocycles. The van der Waals surface area contributed by atoms with Crippen molar-refractivity contribution in [2.24, 2.45) is 0 Å². The summed E-state index contributed by atoms with van der Waals surface area (Å²) in [6, 6.07) is 7.94. The fourth-order valence-corrected chi connectivity index (χ4v) is 2.85. The van der Waals surface area contributed by atoms with Crippen LogP contribution in [0.4, 0.5) is 5.69 Å². The molecule has 4 nitrogen and oxygen atoms in total. The van der Waals surface area contributed by atoms with Crippen LogP contribution in [0.1, 0.15) is 19.3 Å². The number of likely N-dealkylation sites (tertiary alicyclic amines) is 1. The summed E-state index contributed by atoms with van der Waals surface area (Å²) in [6.07, 6.45) is 7.88. The lowest BCUT2D eigenvalue weighted by Crippen LogP contribution is -2.21. The summed E-state index contributed by atoms with van der Waals surface area (Å²) in [7, 11) is 0. The van der Waals surface area contributed by atoms with E-state index >= 15 is 0 Å². The van der Waals surface area contributed by atoms with Gasteiger partial charge in [0.25, 0.3) is 0 Å². The third kappa shape index (κ3) is 3.02. The van der Waals surface area contributed by atoms with Crippen molar-refractivity contribution >= 4 is 5.69 Å². The van der Waals surface area contributed by atoms with Crippen LogP contribution in [0, 0.1) is 0 Å². The van der Waals surface area contributed by atoms with Crippen LogP contribution in [-0.2, 0) is 6.54 Å². The second-order valence-corrected chi connectivity index (χ2v) is 5.48. The maximum absolute atomic E-state index is 6.00. The average Bonchev–Trinajstić information content (AvgIpc) is 3.11. The molecule has 0 unspecified atom stereocenters. The number of benzene rings is 1. The minimum absolute atomic E-state index is 0.809. The Kier molecular flexibility index (Phi) is 4.02. The largest absolute Gasteiger partial charge is 0.398 e. The lowest BCUT2D eigenvalue weighted by atomic mass is 10.1. The van der Waals surface area contributed by atoms with E-state index in [9.17, 15) is 0 Å². The Balaban J connectivity index is 1.58. The SMILES string of the molecule is Nc1ccccc1-c1cnn(CCCN2CCCC2)c1. The summed E-state index contributed by atoms with van der Waals surface area (Å²) < 4.78 is 2.03. The Bertz CT molecular complexity index is 555. The summed E-state index contributed by atoms with van der Waals surface area (Å²) in [5.41, 5.74) is 8.98. The molecule has 1 aliphatic rings. The zero-order valence-electron chi connectivity index (χ0n) is 11.8. The Morgan fingerprint density at radius 1 is 1.10 bits per heavy atom. The normalized spacial score (nSPS) is 15.8. The first-order valence-corrected chi connectivity index (χ1v) is 7.42. The molecule has 1 aromatic heterocycles. The van der Waals surface area contributed by atoms with E-state index in [2.05, 4.69) is 16.2 Å². The number of nitrogen functional groups attached to an aromatic ring is 1. The van der Waals surface area contributed by atoms with Gasteiger partial charge in [-0.3, -0.25) is 4.68 Å². The minimum atomic E-state index is 0.809. The van der Waals surface area contributed by atoms with Gasteiger partial charge in [-0.15, -0.1) is 0 Å². The van der Waals surface area contributed by atoms with Crippen LogP contribution in [0.3, 0.4) is 0 Å². The van der Waals surface area contributed by atoms with Crippen LogP contribution < -0.4 is 5.73 Å². The summed E-state index contributed by atoms with van der Waals surface area (Å²) >= 11 is 0. The topological polar surface area (TPSA) is 47.1 Å². The minimum Gasteiger partial charge on any atom is -0.398 e. The third-order valence-electron chi connectivity index (χ3n) is 3.97. The lowest BCUT2D eigenvalue weighted by Gasteiger charge is -2.13. The Hall–Kier alpha value is -1.81. The first kappa shape index (κ1) is 13.2. The van der Waals surface area contributed by atoms with Gasteiger partial charge in [0.2, 0.25) is 0 Å². The molecule has 0 spiro atoms. The van der Waals surface area contributed by atoms with Crippen LogP contribution >= 0.6 is 0 Å². The molecule has 0 amide bonds. The number of rotatable bonds is 5. The van der Waals surface area contributed by atoms with Crippen LogP contribution in [-0.4, -0.2) is 34.3 Å². The maximum atomic E-state index is 6.00. The van der Waals surface area contributed by atoms with Crippen molar-refractivity contribution in [3.05, 3.63) is 36.7 Å². The zero-order valence-corrected chi connectivity index (χ0v) is 11.8. The summed E-state index contributed by atoms with van der Waals surface area (Å²) in [5, 5.41) is 4.44. The highest BCUT2D eigenvalue weighted by Gasteiger charge is 2.10. The summed E-state index contributed by atoms with van der Waals surface area (Å²) in [4.78, 5) is 2.54. The molecule has 0 bridgehead atoms. The number of nitrogens with two attached hydrogens (primary N) is 1.